The number of nitrogens with zero attached hydrogens (tertiary/aromatic N) is 2. The molecule has 0 fully saturated rings. The molecule has 370 valence electrons. The fourth-order valence-corrected chi connectivity index (χ4v) is 13.0. The largest absolute Gasteiger partial charge is 0.308 e. The maximum atomic E-state index is 2.76. The first kappa shape index (κ1) is 48.4. The van der Waals surface area contributed by atoms with E-state index in [9.17, 15) is 0 Å². The van der Waals surface area contributed by atoms with E-state index in [4.69, 9.17) is 0 Å². The van der Waals surface area contributed by atoms with E-state index >= 15 is 0 Å². The van der Waals surface area contributed by atoms with Gasteiger partial charge in [0.2, 0.25) is 0 Å². The van der Waals surface area contributed by atoms with Crippen molar-refractivity contribution >= 4 is 76.2 Å². The molecule has 0 aliphatic rings. The van der Waals surface area contributed by atoms with E-state index in [0.717, 1.165) is 0 Å². The topological polar surface area (TPSA) is 8.82 Å². The highest BCUT2D eigenvalue weighted by Gasteiger charge is 2.35. The van der Waals surface area contributed by atoms with Crippen LogP contribution in [0, 0.1) is 0 Å². The Kier molecular flexibility index (Phi) is 10.6. The van der Waals surface area contributed by atoms with Crippen LogP contribution in [-0.2, 0) is 21.7 Å². The van der Waals surface area contributed by atoms with Gasteiger partial charge in [-0.2, -0.15) is 0 Å². The minimum absolute atomic E-state index is 0.0521. The van der Waals surface area contributed by atoms with Crippen LogP contribution >= 0.6 is 0 Å². The zero-order valence-electron chi connectivity index (χ0n) is 47.4. The highest BCUT2D eigenvalue weighted by molar-refractivity contribution is 6.45. The molecule has 0 saturated heterocycles. The molecule has 0 atom stereocenters. The van der Waals surface area contributed by atoms with Crippen molar-refractivity contribution in [1.29, 1.82) is 0 Å². The predicted octanol–water partition coefficient (Wildman–Crippen LogP) is 21.0. The van der Waals surface area contributed by atoms with Gasteiger partial charge in [0.15, 0.2) is 0 Å². The Morgan fingerprint density at radius 3 is 0.903 bits per heavy atom. The number of hydrogen-bond donors (Lipinski definition) is 0. The van der Waals surface area contributed by atoms with Crippen LogP contribution < -0.4 is 0 Å². The van der Waals surface area contributed by atoms with Gasteiger partial charge in [-0.25, -0.2) is 0 Å². The zero-order chi connectivity index (χ0) is 51.8. The third kappa shape index (κ3) is 6.93. The van der Waals surface area contributed by atoms with Crippen molar-refractivity contribution in [3.05, 3.63) is 142 Å². The third-order valence-corrected chi connectivity index (χ3v) is 16.8. The molecule has 11 aromatic rings. The minimum Gasteiger partial charge on any atom is -0.308 e. The van der Waals surface area contributed by atoms with Crippen molar-refractivity contribution in [2.24, 2.45) is 0 Å². The first-order valence-corrected chi connectivity index (χ1v) is 27.4. The van der Waals surface area contributed by atoms with Crippen molar-refractivity contribution in [2.45, 2.75) is 184 Å². The number of hydrogen-bond acceptors (Lipinski definition) is 0. The third-order valence-electron chi connectivity index (χ3n) is 16.8. The van der Waals surface area contributed by atoms with Crippen molar-refractivity contribution in [2.75, 3.05) is 0 Å². The Morgan fingerprint density at radius 1 is 0.319 bits per heavy atom. The summed E-state index contributed by atoms with van der Waals surface area (Å²) in [6, 6.07) is 39.5. The van der Waals surface area contributed by atoms with Gasteiger partial charge in [-0.1, -0.05) is 211 Å². The van der Waals surface area contributed by atoms with Crippen LogP contribution in [0.2, 0.25) is 0 Å². The molecule has 0 saturated carbocycles. The Labute approximate surface area is 430 Å². The molecule has 2 nitrogen and oxygen atoms in total. The summed E-state index contributed by atoms with van der Waals surface area (Å²) in [4.78, 5) is 0. The lowest BCUT2D eigenvalue weighted by Crippen LogP contribution is -2.17. The summed E-state index contributed by atoms with van der Waals surface area (Å²) in [7, 11) is 0. The summed E-state index contributed by atoms with van der Waals surface area (Å²) in [6.07, 6.45) is 0. The molecule has 0 aliphatic heterocycles. The molecular formula is C70H80N2. The van der Waals surface area contributed by atoms with E-state index in [1.165, 1.54) is 143 Å². The van der Waals surface area contributed by atoms with Crippen LogP contribution in [0.25, 0.3) is 98.4 Å². The second-order valence-electron chi connectivity index (χ2n) is 27.4. The fraction of sp³-hybridized carbons (Fsp3) is 0.400. The van der Waals surface area contributed by atoms with Crippen LogP contribution in [0.3, 0.4) is 0 Å². The van der Waals surface area contributed by atoms with Crippen LogP contribution in [0.5, 0.6) is 0 Å². The minimum atomic E-state index is -0.126. The summed E-state index contributed by atoms with van der Waals surface area (Å²) in [5.41, 5.74) is 24.4. The molecule has 0 radical (unpaired) electrons. The number of aromatic nitrogens is 2. The van der Waals surface area contributed by atoms with Gasteiger partial charge in [-0.15, -0.1) is 0 Å². The van der Waals surface area contributed by atoms with Gasteiger partial charge < -0.3 is 8.80 Å². The smallest absolute Gasteiger partial charge is 0.0634 e. The molecule has 0 amide bonds. The molecule has 0 spiro atoms. The standard InChI is InChI=1S/C70H80N2/c1-37(2)45-23-21-24-46(38(3)4)57(45)41-27-29-49-55(31-41)71-63-51(33-43(67(9,10)11)35-53(63)69(15,16)17)62-60-50-30-28-42(58-47(39(5)6)25-22-26-48(58)40(7)8)32-56(50)72-64-52(61(66(60)72)59(49)65(62)71)34-44(68(12,13)14)36-54(64)70(18,19)20/h21-40H,1-20H3. The summed E-state index contributed by atoms with van der Waals surface area (Å²) in [6.45, 7) is 47.8. The lowest BCUT2D eigenvalue weighted by atomic mass is 9.78. The lowest BCUT2D eigenvalue weighted by Gasteiger charge is -2.26. The van der Waals surface area contributed by atoms with Crippen LogP contribution in [-0.4, -0.2) is 8.80 Å². The summed E-state index contributed by atoms with van der Waals surface area (Å²) in [5.74, 6) is 1.57. The molecular weight excluding hydrogens is 869 g/mol. The van der Waals surface area contributed by atoms with Crippen molar-refractivity contribution < 1.29 is 0 Å². The first-order chi connectivity index (χ1) is 33.6. The lowest BCUT2D eigenvalue weighted by molar-refractivity contribution is 0.571. The van der Waals surface area contributed by atoms with Gasteiger partial charge in [-0.3, -0.25) is 0 Å². The molecule has 2 heteroatoms. The van der Waals surface area contributed by atoms with Gasteiger partial charge in [0, 0.05) is 43.1 Å². The Balaban J connectivity index is 1.47. The maximum absolute atomic E-state index is 2.76. The van der Waals surface area contributed by atoms with E-state index in [-0.39, 0.29) is 21.7 Å². The summed E-state index contributed by atoms with van der Waals surface area (Å²) in [5, 5.41) is 11.0. The Hall–Kier alpha value is -5.86. The maximum Gasteiger partial charge on any atom is 0.0634 e. The van der Waals surface area contributed by atoms with Crippen molar-refractivity contribution in [1.82, 2.24) is 8.80 Å². The molecule has 4 aromatic heterocycles. The first-order valence-electron chi connectivity index (χ1n) is 27.4. The van der Waals surface area contributed by atoms with Crippen molar-refractivity contribution in [3.8, 4) is 22.3 Å². The normalized spacial score (nSPS) is 13.8. The van der Waals surface area contributed by atoms with Gasteiger partial charge in [0.05, 0.1) is 33.1 Å². The van der Waals surface area contributed by atoms with Crippen LogP contribution in [0.15, 0.2) is 97.1 Å². The molecule has 72 heavy (non-hydrogen) atoms. The average molecular weight is 949 g/mol. The van der Waals surface area contributed by atoms with E-state index in [2.05, 4.69) is 244 Å². The van der Waals surface area contributed by atoms with Gasteiger partial charge in [-0.05, 0) is 136 Å². The van der Waals surface area contributed by atoms with Crippen molar-refractivity contribution in [3.63, 3.8) is 0 Å². The molecule has 11 rings (SSSR count). The van der Waals surface area contributed by atoms with E-state index < -0.39 is 0 Å². The molecule has 0 unspecified atom stereocenters. The number of rotatable bonds is 6. The molecule has 0 N–H and O–H groups in total. The Morgan fingerprint density at radius 2 is 0.625 bits per heavy atom. The quantitative estimate of drug-likeness (QED) is 0.157. The van der Waals surface area contributed by atoms with Crippen LogP contribution in [0.4, 0.5) is 0 Å². The molecule has 0 aliphatic carbocycles. The fourth-order valence-electron chi connectivity index (χ4n) is 13.0. The Bertz CT molecular complexity index is 3680. The molecule has 4 heterocycles. The van der Waals surface area contributed by atoms with Gasteiger partial charge in [0.25, 0.3) is 0 Å². The second-order valence-corrected chi connectivity index (χ2v) is 27.4. The molecule has 0 bridgehead atoms. The van der Waals surface area contributed by atoms with E-state index in [1.54, 1.807) is 0 Å². The monoisotopic (exact) mass is 949 g/mol. The number of fused-ring (bicyclic) bond motifs is 14. The average Bonchev–Trinajstić information content (AvgIpc) is 4.01. The van der Waals surface area contributed by atoms with Crippen LogP contribution in [0.1, 0.15) is 207 Å². The van der Waals surface area contributed by atoms with E-state index in [1.807, 2.05) is 0 Å². The number of benzene rings is 7. The second kappa shape index (κ2) is 15.8. The summed E-state index contributed by atoms with van der Waals surface area (Å²) < 4.78 is 5.52. The summed E-state index contributed by atoms with van der Waals surface area (Å²) >= 11 is 0. The molecule has 7 aromatic carbocycles. The van der Waals surface area contributed by atoms with Gasteiger partial charge in [0.1, 0.15) is 0 Å². The zero-order valence-corrected chi connectivity index (χ0v) is 47.4. The SMILES string of the molecule is CC(C)c1cccc(C(C)C)c1-c1ccc2c3c4c5cc(C(C)(C)C)cc(C(C)(C)C)c5n5c6cc(-c7c(C(C)C)cccc7C(C)C)ccc6c(c6c7cc(C(C)(C)C)cc(C(C)(C)C)c7n(c2c1)c36)c45. The van der Waals surface area contributed by atoms with Gasteiger partial charge >= 0.3 is 0 Å². The van der Waals surface area contributed by atoms with E-state index in [0.29, 0.717) is 23.7 Å². The highest BCUT2D eigenvalue weighted by Crippen LogP contribution is 2.56. The highest BCUT2D eigenvalue weighted by atomic mass is 15.0. The predicted molar refractivity (Wildman–Crippen MR) is 318 cm³/mol.